The van der Waals surface area contributed by atoms with Crippen molar-refractivity contribution in [3.63, 3.8) is 0 Å². The van der Waals surface area contributed by atoms with Crippen LogP contribution in [0.3, 0.4) is 0 Å². The third-order valence-electron chi connectivity index (χ3n) is 2.97. The number of H-pyrrole nitrogens is 1. The molecule has 0 aliphatic heterocycles. The van der Waals surface area contributed by atoms with E-state index in [9.17, 15) is 17.6 Å². The number of halogens is 4. The molecule has 0 unspecified atom stereocenters. The average molecular weight is 265 g/mol. The molecule has 0 fully saturated rings. The molecule has 5 heteroatoms. The van der Waals surface area contributed by atoms with Gasteiger partial charge in [-0.25, -0.2) is 17.6 Å². The van der Waals surface area contributed by atoms with E-state index >= 15 is 0 Å². The largest absolute Gasteiger partial charge is 0.361 e. The van der Waals surface area contributed by atoms with Gasteiger partial charge in [0.25, 0.3) is 0 Å². The number of hydrogen-bond donors (Lipinski definition) is 1. The molecule has 96 valence electrons. The van der Waals surface area contributed by atoms with E-state index in [2.05, 4.69) is 4.98 Å². The summed E-state index contributed by atoms with van der Waals surface area (Å²) in [6.07, 6.45) is 1.32. The average Bonchev–Trinajstić information content (AvgIpc) is 2.81. The van der Waals surface area contributed by atoms with Gasteiger partial charge in [0.2, 0.25) is 0 Å². The lowest BCUT2D eigenvalue weighted by Gasteiger charge is -2.06. The second-order valence-corrected chi connectivity index (χ2v) is 4.09. The lowest BCUT2D eigenvalue weighted by Crippen LogP contribution is -1.98. The van der Waals surface area contributed by atoms with Gasteiger partial charge in [-0.15, -0.1) is 0 Å². The van der Waals surface area contributed by atoms with Gasteiger partial charge in [-0.1, -0.05) is 18.2 Å². The molecule has 2 aromatic carbocycles. The van der Waals surface area contributed by atoms with E-state index in [1.165, 1.54) is 6.20 Å². The van der Waals surface area contributed by atoms with Crippen LogP contribution in [-0.4, -0.2) is 4.98 Å². The highest BCUT2D eigenvalue weighted by Gasteiger charge is 2.22. The minimum Gasteiger partial charge on any atom is -0.361 e. The van der Waals surface area contributed by atoms with Crippen LogP contribution in [0.4, 0.5) is 17.6 Å². The first-order valence-corrected chi connectivity index (χ1v) is 5.49. The van der Waals surface area contributed by atoms with E-state index in [4.69, 9.17) is 0 Å². The monoisotopic (exact) mass is 265 g/mol. The molecule has 3 aromatic rings. The summed E-state index contributed by atoms with van der Waals surface area (Å²) in [4.78, 5) is 2.80. The molecule has 1 heterocycles. The van der Waals surface area contributed by atoms with Crippen molar-refractivity contribution in [2.75, 3.05) is 0 Å². The normalized spacial score (nSPS) is 11.2. The molecule has 0 saturated carbocycles. The van der Waals surface area contributed by atoms with E-state index < -0.39 is 28.8 Å². The molecular formula is C14H7F4N. The Labute approximate surface area is 105 Å². The Morgan fingerprint density at radius 1 is 0.842 bits per heavy atom. The van der Waals surface area contributed by atoms with E-state index in [0.29, 0.717) is 10.9 Å². The zero-order chi connectivity index (χ0) is 13.6. The minimum absolute atomic E-state index is 0.0870. The van der Waals surface area contributed by atoms with Crippen LogP contribution in [0, 0.1) is 23.3 Å². The molecule has 0 aliphatic carbocycles. The van der Waals surface area contributed by atoms with Gasteiger partial charge in [-0.3, -0.25) is 0 Å². The molecule has 0 radical (unpaired) electrons. The van der Waals surface area contributed by atoms with Crippen LogP contribution in [0.15, 0.2) is 36.5 Å². The van der Waals surface area contributed by atoms with E-state index in [0.717, 1.165) is 0 Å². The van der Waals surface area contributed by atoms with Gasteiger partial charge in [-0.2, -0.15) is 0 Å². The van der Waals surface area contributed by atoms with Crippen molar-refractivity contribution in [2.45, 2.75) is 0 Å². The highest BCUT2D eigenvalue weighted by molar-refractivity contribution is 5.95. The van der Waals surface area contributed by atoms with Gasteiger partial charge >= 0.3 is 0 Å². The molecule has 0 bridgehead atoms. The molecule has 1 aromatic heterocycles. The zero-order valence-electron chi connectivity index (χ0n) is 9.48. The fraction of sp³-hybridized carbons (Fsp3) is 0. The highest BCUT2D eigenvalue weighted by atomic mass is 19.2. The Balaban J connectivity index is 2.39. The summed E-state index contributed by atoms with van der Waals surface area (Å²) >= 11 is 0. The maximum Gasteiger partial charge on any atom is 0.169 e. The van der Waals surface area contributed by atoms with Crippen LogP contribution in [0.2, 0.25) is 0 Å². The van der Waals surface area contributed by atoms with E-state index in [1.54, 1.807) is 24.3 Å². The van der Waals surface area contributed by atoms with Gasteiger partial charge in [0, 0.05) is 28.7 Å². The molecule has 0 spiro atoms. The van der Waals surface area contributed by atoms with Gasteiger partial charge in [0.1, 0.15) is 0 Å². The fourth-order valence-electron chi connectivity index (χ4n) is 2.09. The van der Waals surface area contributed by atoms with E-state index in [1.807, 2.05) is 0 Å². The first-order chi connectivity index (χ1) is 9.09. The highest BCUT2D eigenvalue weighted by Crippen LogP contribution is 2.34. The molecule has 0 atom stereocenters. The number of fused-ring (bicyclic) bond motifs is 1. The van der Waals surface area contributed by atoms with Crippen molar-refractivity contribution in [2.24, 2.45) is 0 Å². The topological polar surface area (TPSA) is 15.8 Å². The van der Waals surface area contributed by atoms with Gasteiger partial charge < -0.3 is 4.98 Å². The Morgan fingerprint density at radius 3 is 2.16 bits per heavy atom. The van der Waals surface area contributed by atoms with Gasteiger partial charge in [0.15, 0.2) is 23.3 Å². The van der Waals surface area contributed by atoms with Crippen LogP contribution in [0.5, 0.6) is 0 Å². The maximum atomic E-state index is 13.7. The van der Waals surface area contributed by atoms with E-state index in [-0.39, 0.29) is 11.6 Å². The molecule has 0 aliphatic rings. The number of rotatable bonds is 1. The molecule has 1 nitrogen and oxygen atoms in total. The SMILES string of the molecule is Fc1cc(F)c(F)c(-c2c[nH]c3ccccc23)c1F. The molecular weight excluding hydrogens is 258 g/mol. The van der Waals surface area contributed by atoms with Crippen molar-refractivity contribution in [3.05, 3.63) is 59.8 Å². The van der Waals surface area contributed by atoms with Gasteiger partial charge in [-0.05, 0) is 6.07 Å². The third-order valence-corrected chi connectivity index (χ3v) is 2.97. The van der Waals surface area contributed by atoms with Gasteiger partial charge in [0.05, 0.1) is 5.56 Å². The zero-order valence-corrected chi connectivity index (χ0v) is 9.48. The van der Waals surface area contributed by atoms with Crippen molar-refractivity contribution < 1.29 is 17.6 Å². The predicted molar refractivity (Wildman–Crippen MR) is 63.6 cm³/mol. The lowest BCUT2D eigenvalue weighted by molar-refractivity contribution is 0.458. The fourth-order valence-corrected chi connectivity index (χ4v) is 2.09. The van der Waals surface area contributed by atoms with Crippen LogP contribution < -0.4 is 0 Å². The Kier molecular flexibility index (Phi) is 2.55. The molecule has 19 heavy (non-hydrogen) atoms. The first kappa shape index (κ1) is 11.8. The van der Waals surface area contributed by atoms with Crippen molar-refractivity contribution in [1.29, 1.82) is 0 Å². The molecule has 3 rings (SSSR count). The number of aromatic amines is 1. The Hall–Kier alpha value is -2.30. The summed E-state index contributed by atoms with van der Waals surface area (Å²) < 4.78 is 53.9. The number of hydrogen-bond acceptors (Lipinski definition) is 0. The summed E-state index contributed by atoms with van der Waals surface area (Å²) in [5, 5.41) is 0.491. The van der Waals surface area contributed by atoms with Crippen LogP contribution >= 0.6 is 0 Å². The summed E-state index contributed by atoms with van der Waals surface area (Å²) in [5.41, 5.74) is 0.0138. The first-order valence-electron chi connectivity index (χ1n) is 5.49. The van der Waals surface area contributed by atoms with Crippen molar-refractivity contribution in [3.8, 4) is 11.1 Å². The molecule has 0 amide bonds. The Morgan fingerprint density at radius 2 is 1.47 bits per heavy atom. The lowest BCUT2D eigenvalue weighted by atomic mass is 10.0. The van der Waals surface area contributed by atoms with Crippen LogP contribution in [-0.2, 0) is 0 Å². The molecule has 1 N–H and O–H groups in total. The summed E-state index contributed by atoms with van der Waals surface area (Å²) in [5.74, 6) is -5.63. The number of benzene rings is 2. The smallest absolute Gasteiger partial charge is 0.169 e. The second kappa shape index (κ2) is 4.12. The summed E-state index contributed by atoms with van der Waals surface area (Å²) in [6.45, 7) is 0. The molecule has 0 saturated heterocycles. The Bertz CT molecular complexity index is 750. The number of aromatic nitrogens is 1. The second-order valence-electron chi connectivity index (χ2n) is 4.09. The summed E-state index contributed by atoms with van der Waals surface area (Å²) in [6, 6.07) is 6.92. The van der Waals surface area contributed by atoms with Crippen LogP contribution in [0.1, 0.15) is 0 Å². The standard InChI is InChI=1S/C14H7F4N/c15-9-5-10(16)14(18)12(13(9)17)8-6-19-11-4-2-1-3-7(8)11/h1-6,19H. The minimum atomic E-state index is -1.42. The van der Waals surface area contributed by atoms with Crippen molar-refractivity contribution in [1.82, 2.24) is 4.98 Å². The predicted octanol–water partition coefficient (Wildman–Crippen LogP) is 4.39. The van der Waals surface area contributed by atoms with Crippen LogP contribution in [0.25, 0.3) is 22.0 Å². The van der Waals surface area contributed by atoms with Crippen molar-refractivity contribution >= 4 is 10.9 Å². The quantitative estimate of drug-likeness (QED) is 0.496. The third kappa shape index (κ3) is 1.69. The maximum absolute atomic E-state index is 13.7. The summed E-state index contributed by atoms with van der Waals surface area (Å²) in [7, 11) is 0. The number of nitrogens with one attached hydrogen (secondary N) is 1. The number of para-hydroxylation sites is 1.